The molecule has 0 aliphatic carbocycles. The lowest BCUT2D eigenvalue weighted by molar-refractivity contribution is -0.132. The number of hydrogen-bond donors (Lipinski definition) is 1. The van der Waals surface area contributed by atoms with Gasteiger partial charge in [0.15, 0.2) is 0 Å². The standard InChI is InChI=1S/C11H13Cl2N3O3S/c1-16-6-7(2-3-10(16)17)15-20(18,19)8-4-9(12)11(13)14-5-8/h4-5,7,15H,2-3,6H2,1H3. The fourth-order valence-electron chi connectivity index (χ4n) is 1.95. The summed E-state index contributed by atoms with van der Waals surface area (Å²) in [6, 6.07) is 0.925. The average molecular weight is 338 g/mol. The molecule has 20 heavy (non-hydrogen) atoms. The number of likely N-dealkylation sites (N-methyl/N-ethyl adjacent to an activating group) is 1. The number of likely N-dealkylation sites (tertiary alicyclic amines) is 1. The Morgan fingerprint density at radius 1 is 1.45 bits per heavy atom. The normalized spacial score (nSPS) is 20.2. The quantitative estimate of drug-likeness (QED) is 0.843. The molecule has 0 radical (unpaired) electrons. The van der Waals surface area contributed by atoms with Crippen molar-refractivity contribution in [2.45, 2.75) is 23.8 Å². The van der Waals surface area contributed by atoms with Crippen molar-refractivity contribution >= 4 is 39.1 Å². The molecule has 1 aliphatic heterocycles. The number of hydrogen-bond acceptors (Lipinski definition) is 4. The van der Waals surface area contributed by atoms with Crippen molar-refractivity contribution in [1.29, 1.82) is 0 Å². The molecule has 110 valence electrons. The van der Waals surface area contributed by atoms with E-state index >= 15 is 0 Å². The highest BCUT2D eigenvalue weighted by molar-refractivity contribution is 7.89. The van der Waals surface area contributed by atoms with E-state index in [4.69, 9.17) is 23.2 Å². The van der Waals surface area contributed by atoms with Gasteiger partial charge in [0.1, 0.15) is 10.0 Å². The molecule has 1 saturated heterocycles. The molecule has 0 saturated carbocycles. The number of halogens is 2. The second-order valence-corrected chi connectivity index (χ2v) is 7.05. The minimum Gasteiger partial charge on any atom is -0.344 e. The van der Waals surface area contributed by atoms with E-state index in [0.717, 1.165) is 6.20 Å². The number of piperidine rings is 1. The van der Waals surface area contributed by atoms with E-state index in [-0.39, 0.29) is 27.0 Å². The Hall–Kier alpha value is -0.890. The number of carbonyl (C=O) groups excluding carboxylic acids is 1. The first-order valence-electron chi connectivity index (χ1n) is 5.87. The third kappa shape index (κ3) is 3.41. The number of pyridine rings is 1. The van der Waals surface area contributed by atoms with Gasteiger partial charge in [0, 0.05) is 32.3 Å². The summed E-state index contributed by atoms with van der Waals surface area (Å²) >= 11 is 11.4. The van der Waals surface area contributed by atoms with Crippen LogP contribution in [0, 0.1) is 0 Å². The molecule has 2 heterocycles. The maximum absolute atomic E-state index is 12.2. The van der Waals surface area contributed by atoms with Crippen molar-refractivity contribution < 1.29 is 13.2 Å². The molecule has 9 heteroatoms. The van der Waals surface area contributed by atoms with Crippen LogP contribution in [0.3, 0.4) is 0 Å². The van der Waals surface area contributed by atoms with Gasteiger partial charge in [-0.2, -0.15) is 0 Å². The maximum Gasteiger partial charge on any atom is 0.242 e. The van der Waals surface area contributed by atoms with Gasteiger partial charge in [-0.05, 0) is 12.5 Å². The molecule has 2 rings (SSSR count). The van der Waals surface area contributed by atoms with Crippen LogP contribution >= 0.6 is 23.2 Å². The fourth-order valence-corrected chi connectivity index (χ4v) is 3.51. The second kappa shape index (κ2) is 5.85. The van der Waals surface area contributed by atoms with Crippen molar-refractivity contribution in [2.24, 2.45) is 0 Å². The molecule has 0 aromatic carbocycles. The summed E-state index contributed by atoms with van der Waals surface area (Å²) in [5, 5.41) is 0.124. The summed E-state index contributed by atoms with van der Waals surface area (Å²) in [4.78, 5) is 16.5. The first-order valence-corrected chi connectivity index (χ1v) is 8.11. The highest BCUT2D eigenvalue weighted by Crippen LogP contribution is 2.22. The predicted molar refractivity (Wildman–Crippen MR) is 75.2 cm³/mol. The zero-order chi connectivity index (χ0) is 14.9. The van der Waals surface area contributed by atoms with Gasteiger partial charge in [0.2, 0.25) is 15.9 Å². The molecule has 6 nitrogen and oxygen atoms in total. The molecule has 1 unspecified atom stereocenters. The van der Waals surface area contributed by atoms with Gasteiger partial charge >= 0.3 is 0 Å². The lowest BCUT2D eigenvalue weighted by Crippen LogP contribution is -2.48. The molecular formula is C11H13Cl2N3O3S. The molecule has 1 atom stereocenters. The van der Waals surface area contributed by atoms with Gasteiger partial charge in [-0.15, -0.1) is 0 Å². The van der Waals surface area contributed by atoms with Gasteiger partial charge in [0.25, 0.3) is 0 Å². The summed E-state index contributed by atoms with van der Waals surface area (Å²) in [6.45, 7) is 0.340. The number of sulfonamides is 1. The largest absolute Gasteiger partial charge is 0.344 e. The predicted octanol–water partition coefficient (Wildman–Crippen LogP) is 1.29. The van der Waals surface area contributed by atoms with E-state index < -0.39 is 10.0 Å². The minimum absolute atomic E-state index is 0.0108. The van der Waals surface area contributed by atoms with E-state index in [1.54, 1.807) is 7.05 Å². The lowest BCUT2D eigenvalue weighted by Gasteiger charge is -2.29. The third-order valence-corrected chi connectivity index (χ3v) is 5.20. The van der Waals surface area contributed by atoms with E-state index in [1.807, 2.05) is 0 Å². The molecule has 1 aromatic heterocycles. The van der Waals surface area contributed by atoms with Crippen molar-refractivity contribution in [3.8, 4) is 0 Å². The van der Waals surface area contributed by atoms with Crippen molar-refractivity contribution in [2.75, 3.05) is 13.6 Å². The molecule has 1 N–H and O–H groups in total. The Bertz CT molecular complexity index is 636. The Balaban J connectivity index is 2.15. The Labute approximate surface area is 127 Å². The smallest absolute Gasteiger partial charge is 0.242 e. The van der Waals surface area contributed by atoms with Gasteiger partial charge < -0.3 is 4.90 Å². The number of nitrogens with zero attached hydrogens (tertiary/aromatic N) is 2. The molecule has 1 amide bonds. The van der Waals surface area contributed by atoms with Crippen molar-refractivity contribution in [1.82, 2.24) is 14.6 Å². The van der Waals surface area contributed by atoms with E-state index in [0.29, 0.717) is 19.4 Å². The Kier molecular flexibility index (Phi) is 4.53. The van der Waals surface area contributed by atoms with Crippen LogP contribution in [-0.2, 0) is 14.8 Å². The highest BCUT2D eigenvalue weighted by Gasteiger charge is 2.27. The van der Waals surface area contributed by atoms with E-state index in [2.05, 4.69) is 9.71 Å². The van der Waals surface area contributed by atoms with Crippen LogP contribution in [0.1, 0.15) is 12.8 Å². The molecule has 1 fully saturated rings. The first-order chi connectivity index (χ1) is 9.29. The van der Waals surface area contributed by atoms with Gasteiger partial charge in [-0.1, -0.05) is 23.2 Å². The SMILES string of the molecule is CN1CC(NS(=O)(=O)c2cnc(Cl)c(Cl)c2)CCC1=O. The van der Waals surface area contributed by atoms with E-state index in [9.17, 15) is 13.2 Å². The van der Waals surface area contributed by atoms with Crippen LogP contribution in [0.2, 0.25) is 10.2 Å². The summed E-state index contributed by atoms with van der Waals surface area (Å²) in [5.41, 5.74) is 0. The maximum atomic E-state index is 12.2. The summed E-state index contributed by atoms with van der Waals surface area (Å²) < 4.78 is 26.9. The molecule has 0 spiro atoms. The summed E-state index contributed by atoms with van der Waals surface area (Å²) in [7, 11) is -2.09. The zero-order valence-electron chi connectivity index (χ0n) is 10.6. The van der Waals surface area contributed by atoms with Crippen LogP contribution in [0.4, 0.5) is 0 Å². The third-order valence-electron chi connectivity index (χ3n) is 3.03. The van der Waals surface area contributed by atoms with Crippen LogP contribution in [0.25, 0.3) is 0 Å². The Morgan fingerprint density at radius 3 is 2.75 bits per heavy atom. The van der Waals surface area contributed by atoms with Crippen molar-refractivity contribution in [3.05, 3.63) is 22.4 Å². The first kappa shape index (κ1) is 15.5. The monoisotopic (exact) mass is 337 g/mol. The second-order valence-electron chi connectivity index (χ2n) is 4.57. The Morgan fingerprint density at radius 2 is 2.15 bits per heavy atom. The number of nitrogens with one attached hydrogen (secondary N) is 1. The van der Waals surface area contributed by atoms with E-state index in [1.165, 1.54) is 11.0 Å². The molecule has 1 aliphatic rings. The van der Waals surface area contributed by atoms with Gasteiger partial charge in [0.05, 0.1) is 5.02 Å². The fraction of sp³-hybridized carbons (Fsp3) is 0.455. The molecule has 1 aromatic rings. The van der Waals surface area contributed by atoms with Crippen molar-refractivity contribution in [3.63, 3.8) is 0 Å². The number of carbonyl (C=O) groups is 1. The van der Waals surface area contributed by atoms with Gasteiger partial charge in [-0.25, -0.2) is 18.1 Å². The molecule has 0 bridgehead atoms. The number of rotatable bonds is 3. The van der Waals surface area contributed by atoms with Crippen LogP contribution < -0.4 is 4.72 Å². The lowest BCUT2D eigenvalue weighted by atomic mass is 10.1. The zero-order valence-corrected chi connectivity index (χ0v) is 13.0. The minimum atomic E-state index is -3.73. The van der Waals surface area contributed by atoms with Crippen LogP contribution in [0.5, 0.6) is 0 Å². The molecular weight excluding hydrogens is 325 g/mol. The number of amides is 1. The van der Waals surface area contributed by atoms with Crippen LogP contribution in [-0.4, -0.2) is 43.8 Å². The summed E-state index contributed by atoms with van der Waals surface area (Å²) in [6.07, 6.45) is 1.94. The van der Waals surface area contributed by atoms with Crippen LogP contribution in [0.15, 0.2) is 17.2 Å². The number of aromatic nitrogens is 1. The average Bonchev–Trinajstić information content (AvgIpc) is 2.37. The van der Waals surface area contributed by atoms with Gasteiger partial charge in [-0.3, -0.25) is 4.79 Å². The topological polar surface area (TPSA) is 79.4 Å². The summed E-state index contributed by atoms with van der Waals surface area (Å²) in [5.74, 6) is 0.0108. The highest BCUT2D eigenvalue weighted by atomic mass is 35.5.